The Morgan fingerprint density at radius 3 is 2.20 bits per heavy atom. The van der Waals surface area contributed by atoms with Crippen LogP contribution in [0.3, 0.4) is 0 Å². The van der Waals surface area contributed by atoms with E-state index in [0.717, 1.165) is 54.8 Å². The molecular weight excluding hydrogens is 336 g/mol. The number of urea groups is 1. The van der Waals surface area contributed by atoms with Crippen LogP contribution in [0.15, 0.2) is 48.5 Å². The molecule has 2 aromatic rings. The van der Waals surface area contributed by atoms with Gasteiger partial charge in [0.25, 0.3) is 0 Å². The number of nitrogens with one attached hydrogen (secondary N) is 1. The van der Waals surface area contributed by atoms with E-state index in [2.05, 4.69) is 16.3 Å². The third kappa shape index (κ3) is 3.05. The van der Waals surface area contributed by atoms with E-state index in [1.165, 1.54) is 0 Å². The molecule has 2 amide bonds. The summed E-state index contributed by atoms with van der Waals surface area (Å²) in [5.41, 5.74) is 2.94. The number of rotatable bonds is 1. The van der Waals surface area contributed by atoms with E-state index >= 15 is 0 Å². The van der Waals surface area contributed by atoms with Gasteiger partial charge in [0.2, 0.25) is 0 Å². The van der Waals surface area contributed by atoms with Gasteiger partial charge in [-0.1, -0.05) is 35.9 Å². The molecule has 1 N–H and O–H groups in total. The molecule has 0 bridgehead atoms. The van der Waals surface area contributed by atoms with Crippen LogP contribution < -0.4 is 15.1 Å². The van der Waals surface area contributed by atoms with E-state index in [-0.39, 0.29) is 6.03 Å². The fraction of sp³-hybridized carbons (Fsp3) is 0.316. The molecule has 0 radical (unpaired) electrons. The van der Waals surface area contributed by atoms with Gasteiger partial charge < -0.3 is 15.1 Å². The van der Waals surface area contributed by atoms with Crippen LogP contribution in [0, 0.1) is 0 Å². The van der Waals surface area contributed by atoms with Crippen molar-refractivity contribution in [2.24, 2.45) is 0 Å². The minimum Gasteiger partial charge on any atom is -0.337 e. The summed E-state index contributed by atoms with van der Waals surface area (Å²) < 4.78 is 0. The van der Waals surface area contributed by atoms with Gasteiger partial charge in [0.05, 0.1) is 22.1 Å². The highest BCUT2D eigenvalue weighted by Gasteiger charge is 2.31. The predicted octanol–water partition coefficient (Wildman–Crippen LogP) is 3.32. The van der Waals surface area contributed by atoms with Gasteiger partial charge in [-0.3, -0.25) is 4.90 Å². The van der Waals surface area contributed by atoms with Crippen molar-refractivity contribution in [2.45, 2.75) is 0 Å². The first-order valence-electron chi connectivity index (χ1n) is 8.64. The first kappa shape index (κ1) is 16.2. The summed E-state index contributed by atoms with van der Waals surface area (Å²) in [7, 11) is 0. The Labute approximate surface area is 152 Å². The molecule has 2 aliphatic heterocycles. The standard InChI is InChI=1S/C19H21ClN4O/c20-15-5-1-2-6-16(15)23-13-14-24(18-8-4-3-7-17(18)23)19(25)22-11-9-21-10-12-22/h1-8,21H,9-14H2. The van der Waals surface area contributed by atoms with Crippen molar-refractivity contribution >= 4 is 34.7 Å². The normalized spacial score (nSPS) is 17.4. The van der Waals surface area contributed by atoms with E-state index in [9.17, 15) is 4.79 Å². The van der Waals surface area contributed by atoms with Gasteiger partial charge in [-0.2, -0.15) is 0 Å². The Morgan fingerprint density at radius 1 is 0.840 bits per heavy atom. The molecule has 2 aliphatic rings. The third-order valence-corrected chi connectivity index (χ3v) is 5.09. The van der Waals surface area contributed by atoms with Crippen LogP contribution in [-0.2, 0) is 0 Å². The molecule has 0 aromatic heterocycles. The monoisotopic (exact) mass is 356 g/mol. The number of para-hydroxylation sites is 3. The summed E-state index contributed by atoms with van der Waals surface area (Å²) >= 11 is 6.41. The summed E-state index contributed by atoms with van der Waals surface area (Å²) in [5.74, 6) is 0. The summed E-state index contributed by atoms with van der Waals surface area (Å²) in [6, 6.07) is 16.0. The number of benzene rings is 2. The Morgan fingerprint density at radius 2 is 1.48 bits per heavy atom. The first-order valence-corrected chi connectivity index (χ1v) is 9.02. The van der Waals surface area contributed by atoms with Gasteiger partial charge in [-0.05, 0) is 24.3 Å². The maximum absolute atomic E-state index is 13.0. The maximum atomic E-state index is 13.0. The number of carbonyl (C=O) groups excluding carboxylic acids is 1. The molecule has 2 aromatic carbocycles. The molecular formula is C19H21ClN4O. The summed E-state index contributed by atoms with van der Waals surface area (Å²) in [6.07, 6.45) is 0. The zero-order valence-corrected chi connectivity index (χ0v) is 14.7. The molecule has 1 fully saturated rings. The average Bonchev–Trinajstić information content (AvgIpc) is 2.68. The Hall–Kier alpha value is -2.24. The number of nitrogens with zero attached hydrogens (tertiary/aromatic N) is 3. The second kappa shape index (κ2) is 6.94. The van der Waals surface area contributed by atoms with Gasteiger partial charge in [-0.15, -0.1) is 0 Å². The number of hydrogen-bond donors (Lipinski definition) is 1. The Kier molecular flexibility index (Phi) is 4.51. The predicted molar refractivity (Wildman–Crippen MR) is 102 cm³/mol. The van der Waals surface area contributed by atoms with Crippen molar-refractivity contribution in [1.82, 2.24) is 10.2 Å². The Balaban J connectivity index is 1.67. The zero-order chi connectivity index (χ0) is 17.2. The van der Waals surface area contributed by atoms with Crippen molar-refractivity contribution in [2.75, 3.05) is 49.1 Å². The highest BCUT2D eigenvalue weighted by Crippen LogP contribution is 2.40. The highest BCUT2D eigenvalue weighted by atomic mass is 35.5. The maximum Gasteiger partial charge on any atom is 0.324 e. The lowest BCUT2D eigenvalue weighted by molar-refractivity contribution is 0.196. The molecule has 0 spiro atoms. The van der Waals surface area contributed by atoms with Crippen molar-refractivity contribution in [3.05, 3.63) is 53.6 Å². The average molecular weight is 357 g/mol. The minimum absolute atomic E-state index is 0.0905. The van der Waals surface area contributed by atoms with Crippen LogP contribution in [0.5, 0.6) is 0 Å². The largest absolute Gasteiger partial charge is 0.337 e. The van der Waals surface area contributed by atoms with Crippen LogP contribution in [0.2, 0.25) is 5.02 Å². The van der Waals surface area contributed by atoms with E-state index in [1.54, 1.807) is 0 Å². The number of carbonyl (C=O) groups is 1. The number of amides is 2. The smallest absolute Gasteiger partial charge is 0.324 e. The topological polar surface area (TPSA) is 38.8 Å². The lowest BCUT2D eigenvalue weighted by atomic mass is 10.1. The summed E-state index contributed by atoms with van der Waals surface area (Å²) in [6.45, 7) is 4.58. The van der Waals surface area contributed by atoms with Gasteiger partial charge in [-0.25, -0.2) is 4.79 Å². The molecule has 130 valence electrons. The second-order valence-corrected chi connectivity index (χ2v) is 6.67. The van der Waals surface area contributed by atoms with E-state index < -0.39 is 0 Å². The first-order chi connectivity index (χ1) is 12.3. The molecule has 4 rings (SSSR count). The molecule has 25 heavy (non-hydrogen) atoms. The zero-order valence-electron chi connectivity index (χ0n) is 14.0. The number of halogens is 1. The SMILES string of the molecule is O=C(N1CCNCC1)N1CCN(c2ccccc2Cl)c2ccccc21. The summed E-state index contributed by atoms with van der Waals surface area (Å²) in [4.78, 5) is 19.0. The quantitative estimate of drug-likeness (QED) is 0.852. The molecule has 0 aliphatic carbocycles. The molecule has 2 heterocycles. The van der Waals surface area contributed by atoms with E-state index in [1.807, 2.05) is 52.3 Å². The highest BCUT2D eigenvalue weighted by molar-refractivity contribution is 6.33. The molecule has 1 saturated heterocycles. The van der Waals surface area contributed by atoms with E-state index in [0.29, 0.717) is 6.54 Å². The number of anilines is 3. The number of fused-ring (bicyclic) bond motifs is 1. The fourth-order valence-electron chi connectivity index (χ4n) is 3.51. The fourth-order valence-corrected chi connectivity index (χ4v) is 3.75. The Bertz CT molecular complexity index is 776. The lowest BCUT2D eigenvalue weighted by Crippen LogP contribution is -2.54. The van der Waals surface area contributed by atoms with Crippen LogP contribution in [-0.4, -0.2) is 50.2 Å². The van der Waals surface area contributed by atoms with E-state index in [4.69, 9.17) is 11.6 Å². The van der Waals surface area contributed by atoms with Gasteiger partial charge in [0, 0.05) is 39.3 Å². The molecule has 6 heteroatoms. The van der Waals surface area contributed by atoms with Gasteiger partial charge in [0.1, 0.15) is 0 Å². The molecule has 0 atom stereocenters. The lowest BCUT2D eigenvalue weighted by Gasteiger charge is -2.40. The molecule has 5 nitrogen and oxygen atoms in total. The molecule has 0 unspecified atom stereocenters. The van der Waals surface area contributed by atoms with Crippen molar-refractivity contribution in [3.63, 3.8) is 0 Å². The number of hydrogen-bond acceptors (Lipinski definition) is 3. The minimum atomic E-state index is 0.0905. The van der Waals surface area contributed by atoms with Gasteiger partial charge in [0.15, 0.2) is 0 Å². The summed E-state index contributed by atoms with van der Waals surface area (Å²) in [5, 5.41) is 4.01. The third-order valence-electron chi connectivity index (χ3n) is 4.77. The van der Waals surface area contributed by atoms with Crippen LogP contribution in [0.25, 0.3) is 0 Å². The number of piperazine rings is 1. The molecule has 0 saturated carbocycles. The van der Waals surface area contributed by atoms with Crippen molar-refractivity contribution in [3.8, 4) is 0 Å². The van der Waals surface area contributed by atoms with Crippen molar-refractivity contribution < 1.29 is 4.79 Å². The van der Waals surface area contributed by atoms with Crippen LogP contribution in [0.4, 0.5) is 21.9 Å². The van der Waals surface area contributed by atoms with Crippen LogP contribution >= 0.6 is 11.6 Å². The second-order valence-electron chi connectivity index (χ2n) is 6.26. The van der Waals surface area contributed by atoms with Crippen molar-refractivity contribution in [1.29, 1.82) is 0 Å². The van der Waals surface area contributed by atoms with Gasteiger partial charge >= 0.3 is 6.03 Å². The van der Waals surface area contributed by atoms with Crippen LogP contribution in [0.1, 0.15) is 0 Å².